The molecule has 0 amide bonds. The lowest BCUT2D eigenvalue weighted by molar-refractivity contribution is -0.0960. The molecular formula is C14H20F3N3S. The Balaban J connectivity index is 1.82. The lowest BCUT2D eigenvalue weighted by Gasteiger charge is -2.26. The highest BCUT2D eigenvalue weighted by molar-refractivity contribution is 7.09. The van der Waals surface area contributed by atoms with Crippen molar-refractivity contribution in [3.05, 3.63) is 27.7 Å². The Morgan fingerprint density at radius 2 is 2.24 bits per heavy atom. The zero-order valence-electron chi connectivity index (χ0n) is 12.0. The smallest absolute Gasteiger partial charge is 0.310 e. The van der Waals surface area contributed by atoms with E-state index in [0.29, 0.717) is 19.6 Å². The van der Waals surface area contributed by atoms with Gasteiger partial charge in [-0.25, -0.2) is 4.98 Å². The van der Waals surface area contributed by atoms with Gasteiger partial charge in [0.15, 0.2) is 0 Å². The number of hydrogen-bond acceptors (Lipinski definition) is 4. The van der Waals surface area contributed by atoms with Gasteiger partial charge in [0.2, 0.25) is 0 Å². The van der Waals surface area contributed by atoms with Crippen molar-refractivity contribution < 1.29 is 13.2 Å². The predicted octanol–water partition coefficient (Wildman–Crippen LogP) is 3.34. The second kappa shape index (κ2) is 7.38. The zero-order chi connectivity index (χ0) is 15.3. The molecule has 2 heterocycles. The molecule has 3 nitrogen and oxygen atoms in total. The summed E-state index contributed by atoms with van der Waals surface area (Å²) in [4.78, 5) is 6.51. The minimum Gasteiger partial charge on any atom is -0.310 e. The average molecular weight is 319 g/mol. The molecule has 2 rings (SSSR count). The van der Waals surface area contributed by atoms with Crippen molar-refractivity contribution in [1.29, 1.82) is 0 Å². The number of nitrogens with zero attached hydrogens (tertiary/aromatic N) is 2. The first-order valence-corrected chi connectivity index (χ1v) is 7.99. The fraction of sp³-hybridized carbons (Fsp3) is 0.643. The van der Waals surface area contributed by atoms with Crippen molar-refractivity contribution in [2.24, 2.45) is 0 Å². The molecule has 0 atom stereocenters. The molecule has 1 aromatic rings. The van der Waals surface area contributed by atoms with Crippen LogP contribution in [0.5, 0.6) is 0 Å². The first-order valence-electron chi connectivity index (χ1n) is 7.11. The first-order chi connectivity index (χ1) is 9.99. The molecule has 7 heteroatoms. The Labute approximate surface area is 126 Å². The molecule has 1 aromatic heterocycles. The Bertz CT molecular complexity index is 482. The molecule has 1 N–H and O–H groups in total. The van der Waals surface area contributed by atoms with Gasteiger partial charge in [0.05, 0.1) is 5.69 Å². The maximum Gasteiger partial charge on any atom is 0.412 e. The fourth-order valence-electron chi connectivity index (χ4n) is 2.22. The molecule has 0 spiro atoms. The molecule has 0 bridgehead atoms. The number of halogens is 3. The van der Waals surface area contributed by atoms with Gasteiger partial charge in [0.25, 0.3) is 0 Å². The largest absolute Gasteiger partial charge is 0.412 e. The summed E-state index contributed by atoms with van der Waals surface area (Å²) >= 11 is 1.60. The van der Waals surface area contributed by atoms with Crippen LogP contribution in [0.25, 0.3) is 0 Å². The van der Waals surface area contributed by atoms with Crippen molar-refractivity contribution in [2.75, 3.05) is 19.6 Å². The normalized spacial score (nSPS) is 17.0. The molecule has 0 fully saturated rings. The van der Waals surface area contributed by atoms with E-state index in [9.17, 15) is 13.2 Å². The Morgan fingerprint density at radius 1 is 1.43 bits per heavy atom. The average Bonchev–Trinajstić information content (AvgIpc) is 2.86. The summed E-state index contributed by atoms with van der Waals surface area (Å²) in [6.07, 6.45) is -1.73. The SMILES string of the molecule is CCCNCc1nc(CN2CC=C(C(F)(F)F)CC2)cs1. The number of nitrogens with one attached hydrogen (secondary N) is 1. The highest BCUT2D eigenvalue weighted by Gasteiger charge is 2.34. The lowest BCUT2D eigenvalue weighted by Crippen LogP contribution is -2.31. The van der Waals surface area contributed by atoms with Gasteiger partial charge in [0.1, 0.15) is 5.01 Å². The van der Waals surface area contributed by atoms with Crippen LogP contribution in [0, 0.1) is 0 Å². The molecule has 0 radical (unpaired) electrons. The van der Waals surface area contributed by atoms with Crippen LogP contribution >= 0.6 is 11.3 Å². The van der Waals surface area contributed by atoms with Gasteiger partial charge in [-0.3, -0.25) is 4.90 Å². The second-order valence-corrected chi connectivity index (χ2v) is 6.06. The van der Waals surface area contributed by atoms with Crippen LogP contribution in [0.3, 0.4) is 0 Å². The van der Waals surface area contributed by atoms with Gasteiger partial charge in [-0.15, -0.1) is 11.3 Å². The summed E-state index contributed by atoms with van der Waals surface area (Å²) < 4.78 is 37.6. The number of hydrogen-bond donors (Lipinski definition) is 1. The highest BCUT2D eigenvalue weighted by Crippen LogP contribution is 2.30. The molecule has 21 heavy (non-hydrogen) atoms. The predicted molar refractivity (Wildman–Crippen MR) is 78.1 cm³/mol. The second-order valence-electron chi connectivity index (χ2n) is 5.12. The van der Waals surface area contributed by atoms with Gasteiger partial charge >= 0.3 is 6.18 Å². The molecular weight excluding hydrogens is 299 g/mol. The van der Waals surface area contributed by atoms with Crippen LogP contribution in [-0.2, 0) is 13.1 Å². The maximum absolute atomic E-state index is 12.5. The molecule has 0 unspecified atom stereocenters. The highest BCUT2D eigenvalue weighted by atomic mass is 32.1. The van der Waals surface area contributed by atoms with Crippen LogP contribution in [0.1, 0.15) is 30.5 Å². The minimum absolute atomic E-state index is 0.0680. The quantitative estimate of drug-likeness (QED) is 0.644. The van der Waals surface area contributed by atoms with Gasteiger partial charge in [-0.05, 0) is 19.4 Å². The van der Waals surface area contributed by atoms with Crippen LogP contribution in [0.15, 0.2) is 17.0 Å². The molecule has 0 saturated heterocycles. The van der Waals surface area contributed by atoms with Crippen molar-refractivity contribution in [3.63, 3.8) is 0 Å². The van der Waals surface area contributed by atoms with Crippen LogP contribution < -0.4 is 5.32 Å². The third-order valence-electron chi connectivity index (χ3n) is 3.35. The molecule has 1 aliphatic rings. The topological polar surface area (TPSA) is 28.2 Å². The summed E-state index contributed by atoms with van der Waals surface area (Å²) in [6.45, 7) is 5.23. The third kappa shape index (κ3) is 5.09. The van der Waals surface area contributed by atoms with Crippen molar-refractivity contribution in [3.8, 4) is 0 Å². The van der Waals surface area contributed by atoms with Crippen molar-refractivity contribution in [1.82, 2.24) is 15.2 Å². The molecule has 0 saturated carbocycles. The van der Waals surface area contributed by atoms with E-state index < -0.39 is 11.7 Å². The minimum atomic E-state index is -4.18. The standard InChI is InChI=1S/C14H20F3N3S/c1-2-5-18-8-13-19-12(10-21-13)9-20-6-3-11(4-7-20)14(15,16)17/h3,10,18H,2,4-9H2,1H3. The Morgan fingerprint density at radius 3 is 2.86 bits per heavy atom. The van der Waals surface area contributed by atoms with E-state index in [1.54, 1.807) is 11.3 Å². The number of aromatic nitrogens is 1. The van der Waals surface area contributed by atoms with E-state index >= 15 is 0 Å². The third-order valence-corrected chi connectivity index (χ3v) is 4.24. The van der Waals surface area contributed by atoms with E-state index in [1.165, 1.54) is 6.08 Å². The number of alkyl halides is 3. The fourth-order valence-corrected chi connectivity index (χ4v) is 2.97. The summed E-state index contributed by atoms with van der Waals surface area (Å²) in [6, 6.07) is 0. The maximum atomic E-state index is 12.5. The zero-order valence-corrected chi connectivity index (χ0v) is 12.9. The van der Waals surface area contributed by atoms with Crippen LogP contribution in [-0.4, -0.2) is 35.7 Å². The van der Waals surface area contributed by atoms with Gasteiger partial charge in [-0.1, -0.05) is 13.0 Å². The summed E-state index contributed by atoms with van der Waals surface area (Å²) in [5.41, 5.74) is 0.540. The van der Waals surface area contributed by atoms with Crippen molar-refractivity contribution in [2.45, 2.75) is 39.0 Å². The molecule has 118 valence electrons. The Kier molecular flexibility index (Phi) is 5.78. The summed E-state index contributed by atoms with van der Waals surface area (Å²) in [5.74, 6) is 0. The lowest BCUT2D eigenvalue weighted by atomic mass is 10.1. The van der Waals surface area contributed by atoms with Crippen LogP contribution in [0.2, 0.25) is 0 Å². The first kappa shape index (κ1) is 16.5. The molecule has 1 aliphatic heterocycles. The number of thiazole rings is 1. The van der Waals surface area contributed by atoms with Crippen LogP contribution in [0.4, 0.5) is 13.2 Å². The van der Waals surface area contributed by atoms with Gasteiger partial charge in [-0.2, -0.15) is 13.2 Å². The van der Waals surface area contributed by atoms with E-state index in [2.05, 4.69) is 17.2 Å². The number of rotatable bonds is 6. The van der Waals surface area contributed by atoms with Gasteiger partial charge < -0.3 is 5.32 Å². The van der Waals surface area contributed by atoms with Crippen molar-refractivity contribution >= 4 is 11.3 Å². The molecule has 0 aromatic carbocycles. The Hall–Kier alpha value is -0.920. The molecule has 0 aliphatic carbocycles. The van der Waals surface area contributed by atoms with Gasteiger partial charge in [0, 0.05) is 37.1 Å². The summed E-state index contributed by atoms with van der Waals surface area (Å²) in [5, 5.41) is 6.31. The van der Waals surface area contributed by atoms with E-state index in [1.807, 2.05) is 10.3 Å². The van der Waals surface area contributed by atoms with E-state index in [-0.39, 0.29) is 6.42 Å². The monoisotopic (exact) mass is 319 g/mol. The summed E-state index contributed by atoms with van der Waals surface area (Å²) in [7, 11) is 0. The van der Waals surface area contributed by atoms with E-state index in [4.69, 9.17) is 0 Å². The van der Waals surface area contributed by atoms with E-state index in [0.717, 1.165) is 30.2 Å².